The summed E-state index contributed by atoms with van der Waals surface area (Å²) in [5.74, 6) is 0.825. The summed E-state index contributed by atoms with van der Waals surface area (Å²) in [5.41, 5.74) is 3.32. The Morgan fingerprint density at radius 3 is 2.83 bits per heavy atom. The molecule has 1 amide bonds. The van der Waals surface area contributed by atoms with Crippen molar-refractivity contribution in [1.82, 2.24) is 24.6 Å². The van der Waals surface area contributed by atoms with Gasteiger partial charge in [0, 0.05) is 19.3 Å². The molecule has 6 nitrogen and oxygen atoms in total. The molecule has 23 heavy (non-hydrogen) atoms. The lowest BCUT2D eigenvalue weighted by Gasteiger charge is -2.18. The van der Waals surface area contributed by atoms with E-state index in [0.717, 1.165) is 22.4 Å². The minimum absolute atomic E-state index is 0.0359. The molecular formula is C17H19N5O. The van der Waals surface area contributed by atoms with Gasteiger partial charge in [-0.3, -0.25) is 9.48 Å². The van der Waals surface area contributed by atoms with Crippen LogP contribution in [0.1, 0.15) is 31.1 Å². The van der Waals surface area contributed by atoms with Crippen LogP contribution < -0.4 is 5.32 Å². The fourth-order valence-electron chi connectivity index (χ4n) is 2.99. The summed E-state index contributed by atoms with van der Waals surface area (Å²) in [5, 5.41) is 7.41. The van der Waals surface area contributed by atoms with Crippen LogP contribution in [0.3, 0.4) is 0 Å². The molecule has 1 aromatic carbocycles. The van der Waals surface area contributed by atoms with Crippen molar-refractivity contribution in [3.8, 4) is 11.4 Å². The molecule has 1 N–H and O–H groups in total. The summed E-state index contributed by atoms with van der Waals surface area (Å²) in [6, 6.07) is 5.68. The summed E-state index contributed by atoms with van der Waals surface area (Å²) >= 11 is 0. The van der Waals surface area contributed by atoms with Crippen LogP contribution in [0.25, 0.3) is 22.4 Å². The van der Waals surface area contributed by atoms with Crippen LogP contribution in [0, 0.1) is 0 Å². The van der Waals surface area contributed by atoms with Crippen LogP contribution in [0.5, 0.6) is 0 Å². The van der Waals surface area contributed by atoms with Gasteiger partial charge in [0.25, 0.3) is 5.91 Å². The Bertz CT molecular complexity index is 913. The largest absolute Gasteiger partial charge is 0.350 e. The standard InChI is InChI=1S/C17H19N5O/c1-17(2,3)22-10-11(9-19-22)15-20-13-6-4-5-12-14(13)21(15)8-7-18-16(12)23/h4-6,9-10H,7-8H2,1-3H3,(H,18,23). The summed E-state index contributed by atoms with van der Waals surface area (Å²) in [7, 11) is 0. The summed E-state index contributed by atoms with van der Waals surface area (Å²) in [6.45, 7) is 7.64. The van der Waals surface area contributed by atoms with Crippen LogP contribution in [0.2, 0.25) is 0 Å². The second kappa shape index (κ2) is 4.68. The molecule has 1 aliphatic heterocycles. The molecule has 3 heterocycles. The second-order valence-electron chi connectivity index (χ2n) is 6.86. The van der Waals surface area contributed by atoms with Crippen LogP contribution in [-0.4, -0.2) is 31.8 Å². The smallest absolute Gasteiger partial charge is 0.253 e. The minimum atomic E-state index is -0.0776. The number of para-hydroxylation sites is 1. The molecular weight excluding hydrogens is 290 g/mol. The summed E-state index contributed by atoms with van der Waals surface area (Å²) in [6.07, 6.45) is 3.86. The first kappa shape index (κ1) is 14.0. The van der Waals surface area contributed by atoms with Gasteiger partial charge in [-0.2, -0.15) is 5.10 Å². The summed E-state index contributed by atoms with van der Waals surface area (Å²) in [4.78, 5) is 17.0. The number of hydrogen-bond acceptors (Lipinski definition) is 3. The second-order valence-corrected chi connectivity index (χ2v) is 6.86. The Balaban J connectivity index is 1.95. The predicted octanol–water partition coefficient (Wildman–Crippen LogP) is 2.40. The molecule has 0 unspecified atom stereocenters. The molecule has 0 atom stereocenters. The van der Waals surface area contributed by atoms with Gasteiger partial charge in [0.05, 0.1) is 33.9 Å². The van der Waals surface area contributed by atoms with Gasteiger partial charge < -0.3 is 9.88 Å². The van der Waals surface area contributed by atoms with Gasteiger partial charge in [0.15, 0.2) is 0 Å². The van der Waals surface area contributed by atoms with E-state index in [1.807, 2.05) is 35.3 Å². The normalized spacial score (nSPS) is 14.8. The van der Waals surface area contributed by atoms with E-state index in [1.165, 1.54) is 0 Å². The third-order valence-corrected chi connectivity index (χ3v) is 4.16. The van der Waals surface area contributed by atoms with Crippen molar-refractivity contribution in [1.29, 1.82) is 0 Å². The first-order chi connectivity index (χ1) is 10.9. The zero-order chi connectivity index (χ0) is 16.2. The highest BCUT2D eigenvalue weighted by molar-refractivity contribution is 6.06. The average molecular weight is 309 g/mol. The third-order valence-electron chi connectivity index (χ3n) is 4.16. The lowest BCUT2D eigenvalue weighted by atomic mass is 10.1. The van der Waals surface area contributed by atoms with Gasteiger partial charge in [0.2, 0.25) is 0 Å². The molecule has 0 fully saturated rings. The molecule has 0 saturated heterocycles. The average Bonchev–Trinajstić information content (AvgIpc) is 3.07. The number of benzene rings is 1. The minimum Gasteiger partial charge on any atom is -0.350 e. The lowest BCUT2D eigenvalue weighted by molar-refractivity contribution is 0.0956. The molecule has 0 bridgehead atoms. The van der Waals surface area contributed by atoms with Crippen molar-refractivity contribution in [2.45, 2.75) is 32.9 Å². The molecule has 3 aromatic rings. The maximum absolute atomic E-state index is 12.2. The van der Waals surface area contributed by atoms with E-state index in [2.05, 4.69) is 35.8 Å². The molecule has 0 saturated carbocycles. The maximum Gasteiger partial charge on any atom is 0.253 e. The molecule has 4 rings (SSSR count). The Hall–Kier alpha value is -2.63. The monoisotopic (exact) mass is 309 g/mol. The first-order valence-electron chi connectivity index (χ1n) is 7.78. The number of imidazole rings is 1. The van der Waals surface area contributed by atoms with Crippen LogP contribution in [0.15, 0.2) is 30.6 Å². The maximum atomic E-state index is 12.2. The Morgan fingerprint density at radius 1 is 1.26 bits per heavy atom. The number of carbonyl (C=O) groups is 1. The molecule has 0 spiro atoms. The highest BCUT2D eigenvalue weighted by Crippen LogP contribution is 2.29. The van der Waals surface area contributed by atoms with Crippen molar-refractivity contribution < 1.29 is 4.79 Å². The Labute approximate surface area is 134 Å². The quantitative estimate of drug-likeness (QED) is 0.750. The lowest BCUT2D eigenvalue weighted by Crippen LogP contribution is -2.24. The zero-order valence-corrected chi connectivity index (χ0v) is 13.5. The molecule has 6 heteroatoms. The number of rotatable bonds is 1. The van der Waals surface area contributed by atoms with E-state index in [-0.39, 0.29) is 11.4 Å². The van der Waals surface area contributed by atoms with E-state index in [0.29, 0.717) is 18.7 Å². The van der Waals surface area contributed by atoms with Crippen molar-refractivity contribution in [3.05, 3.63) is 36.2 Å². The Kier molecular flexibility index (Phi) is 2.85. The Morgan fingerprint density at radius 2 is 2.09 bits per heavy atom. The number of carbonyl (C=O) groups excluding carboxylic acids is 1. The number of amides is 1. The van der Waals surface area contributed by atoms with Crippen molar-refractivity contribution in [2.24, 2.45) is 0 Å². The number of aromatic nitrogens is 4. The molecule has 0 aliphatic carbocycles. The first-order valence-corrected chi connectivity index (χ1v) is 7.78. The fraction of sp³-hybridized carbons (Fsp3) is 0.353. The van der Waals surface area contributed by atoms with E-state index in [1.54, 1.807) is 0 Å². The number of hydrogen-bond donors (Lipinski definition) is 1. The van der Waals surface area contributed by atoms with E-state index in [9.17, 15) is 4.79 Å². The number of nitrogens with zero attached hydrogens (tertiary/aromatic N) is 4. The van der Waals surface area contributed by atoms with Gasteiger partial charge in [0.1, 0.15) is 5.82 Å². The SMILES string of the molecule is CC(C)(C)n1cc(-c2nc3cccc4c3n2CCNC4=O)cn1. The van der Waals surface area contributed by atoms with Gasteiger partial charge in [-0.15, -0.1) is 0 Å². The van der Waals surface area contributed by atoms with Crippen LogP contribution in [0.4, 0.5) is 0 Å². The van der Waals surface area contributed by atoms with Gasteiger partial charge >= 0.3 is 0 Å². The van der Waals surface area contributed by atoms with Gasteiger partial charge in [-0.25, -0.2) is 4.98 Å². The molecule has 118 valence electrons. The van der Waals surface area contributed by atoms with Crippen molar-refractivity contribution in [2.75, 3.05) is 6.54 Å². The number of nitrogens with one attached hydrogen (secondary N) is 1. The van der Waals surface area contributed by atoms with E-state index < -0.39 is 0 Å². The summed E-state index contributed by atoms with van der Waals surface area (Å²) < 4.78 is 4.06. The third kappa shape index (κ3) is 2.13. The molecule has 0 radical (unpaired) electrons. The van der Waals surface area contributed by atoms with Crippen LogP contribution in [-0.2, 0) is 12.1 Å². The highest BCUT2D eigenvalue weighted by Gasteiger charge is 2.23. The fourth-order valence-corrected chi connectivity index (χ4v) is 2.99. The topological polar surface area (TPSA) is 64.7 Å². The van der Waals surface area contributed by atoms with Gasteiger partial charge in [-0.1, -0.05) is 6.07 Å². The predicted molar refractivity (Wildman–Crippen MR) is 88.3 cm³/mol. The molecule has 2 aromatic heterocycles. The van der Waals surface area contributed by atoms with E-state index >= 15 is 0 Å². The zero-order valence-electron chi connectivity index (χ0n) is 13.5. The van der Waals surface area contributed by atoms with E-state index in [4.69, 9.17) is 4.98 Å². The highest BCUT2D eigenvalue weighted by atomic mass is 16.1. The van der Waals surface area contributed by atoms with Crippen molar-refractivity contribution >= 4 is 16.9 Å². The van der Waals surface area contributed by atoms with Crippen LogP contribution >= 0.6 is 0 Å². The molecule has 1 aliphatic rings. The van der Waals surface area contributed by atoms with Crippen molar-refractivity contribution in [3.63, 3.8) is 0 Å². The van der Waals surface area contributed by atoms with Gasteiger partial charge in [-0.05, 0) is 32.9 Å².